The van der Waals surface area contributed by atoms with Crippen molar-refractivity contribution in [2.45, 2.75) is 31.6 Å². The molecule has 1 fully saturated rings. The molecule has 1 atom stereocenters. The molecule has 2 aromatic rings. The third kappa shape index (κ3) is 2.66. The minimum atomic E-state index is -0.289. The van der Waals surface area contributed by atoms with Crippen LogP contribution < -0.4 is 15.8 Å². The van der Waals surface area contributed by atoms with Crippen LogP contribution in [0.1, 0.15) is 42.7 Å². The smallest absolute Gasteiger partial charge is 0.258 e. The molecule has 0 spiro atoms. The van der Waals surface area contributed by atoms with Gasteiger partial charge in [-0.3, -0.25) is 19.6 Å². The number of aromatic nitrogens is 3. The van der Waals surface area contributed by atoms with Crippen molar-refractivity contribution < 1.29 is 4.79 Å². The Hall–Kier alpha value is -2.70. The van der Waals surface area contributed by atoms with Crippen LogP contribution in [-0.2, 0) is 4.79 Å². The highest BCUT2D eigenvalue weighted by Gasteiger charge is 2.31. The summed E-state index contributed by atoms with van der Waals surface area (Å²) < 4.78 is 0. The number of hydrogen-bond donors (Lipinski definition) is 2. The predicted octanol–water partition coefficient (Wildman–Crippen LogP) is 1.63. The highest BCUT2D eigenvalue weighted by atomic mass is 16.2. The van der Waals surface area contributed by atoms with E-state index in [2.05, 4.69) is 25.2 Å². The Morgan fingerprint density at radius 3 is 2.58 bits per heavy atom. The lowest BCUT2D eigenvalue weighted by atomic mass is 9.87. The molecular formula is C17H19N5O2. The monoisotopic (exact) mass is 325 g/mol. The minimum absolute atomic E-state index is 0.119. The summed E-state index contributed by atoms with van der Waals surface area (Å²) in [7, 11) is 0. The Balaban J connectivity index is 1.78. The van der Waals surface area contributed by atoms with Crippen molar-refractivity contribution in [2.75, 3.05) is 23.3 Å². The van der Waals surface area contributed by atoms with Gasteiger partial charge in [0.25, 0.3) is 5.56 Å². The van der Waals surface area contributed by atoms with Crippen molar-refractivity contribution in [2.24, 2.45) is 0 Å². The number of H-pyrrole nitrogens is 1. The Labute approximate surface area is 139 Å². The van der Waals surface area contributed by atoms with Gasteiger partial charge in [0.15, 0.2) is 0 Å². The largest absolute Gasteiger partial charge is 0.342 e. The number of piperidine rings is 1. The third-order valence-corrected chi connectivity index (χ3v) is 4.70. The molecule has 2 aliphatic rings. The quantitative estimate of drug-likeness (QED) is 0.876. The molecule has 4 rings (SSSR count). The molecular weight excluding hydrogens is 306 g/mol. The van der Waals surface area contributed by atoms with Crippen molar-refractivity contribution in [1.29, 1.82) is 0 Å². The first-order valence-corrected chi connectivity index (χ1v) is 8.31. The van der Waals surface area contributed by atoms with Crippen molar-refractivity contribution in [3.63, 3.8) is 0 Å². The average molecular weight is 325 g/mol. The van der Waals surface area contributed by atoms with Gasteiger partial charge in [-0.15, -0.1) is 0 Å². The van der Waals surface area contributed by atoms with Crippen molar-refractivity contribution in [3.8, 4) is 0 Å². The number of fused-ring (bicyclic) bond motifs is 1. The maximum Gasteiger partial charge on any atom is 0.258 e. The standard InChI is InChI=1S/C17H19N5O2/c23-13-10-12(11-4-6-18-7-5-11)14-15(19-13)20-17(21-16(14)24)22-8-2-1-3-9-22/h4-7,12H,1-3,8-10H2,(H2,19,20,21,23,24)/t12-/m1/s1. The predicted molar refractivity (Wildman–Crippen MR) is 90.2 cm³/mol. The number of rotatable bonds is 2. The third-order valence-electron chi connectivity index (χ3n) is 4.70. The van der Waals surface area contributed by atoms with Gasteiger partial charge in [0.05, 0.1) is 5.56 Å². The van der Waals surface area contributed by atoms with Crippen LogP contribution in [0.3, 0.4) is 0 Å². The van der Waals surface area contributed by atoms with E-state index in [9.17, 15) is 9.59 Å². The molecule has 0 aromatic carbocycles. The SMILES string of the molecule is O=C1C[C@H](c2ccncc2)c2c(nc(N3CCCCC3)[nH]c2=O)N1. The summed E-state index contributed by atoms with van der Waals surface area (Å²) in [6.07, 6.45) is 6.97. The van der Waals surface area contributed by atoms with Crippen LogP contribution >= 0.6 is 0 Å². The molecule has 7 nitrogen and oxygen atoms in total. The van der Waals surface area contributed by atoms with E-state index in [-0.39, 0.29) is 23.8 Å². The maximum absolute atomic E-state index is 12.7. The first-order chi connectivity index (χ1) is 11.7. The molecule has 0 unspecified atom stereocenters. The molecule has 0 bridgehead atoms. The van der Waals surface area contributed by atoms with E-state index in [1.54, 1.807) is 12.4 Å². The van der Waals surface area contributed by atoms with E-state index in [1.807, 2.05) is 12.1 Å². The summed E-state index contributed by atoms with van der Waals surface area (Å²) >= 11 is 0. The maximum atomic E-state index is 12.7. The van der Waals surface area contributed by atoms with Crippen LogP contribution in [-0.4, -0.2) is 33.9 Å². The number of aromatic amines is 1. The number of hydrogen-bond acceptors (Lipinski definition) is 5. The van der Waals surface area contributed by atoms with E-state index >= 15 is 0 Å². The molecule has 2 N–H and O–H groups in total. The van der Waals surface area contributed by atoms with Gasteiger partial charge in [-0.2, -0.15) is 4.98 Å². The van der Waals surface area contributed by atoms with E-state index in [0.717, 1.165) is 31.5 Å². The summed E-state index contributed by atoms with van der Waals surface area (Å²) in [6, 6.07) is 3.68. The van der Waals surface area contributed by atoms with E-state index in [1.165, 1.54) is 6.42 Å². The highest BCUT2D eigenvalue weighted by Crippen LogP contribution is 2.34. The van der Waals surface area contributed by atoms with Gasteiger partial charge in [0, 0.05) is 37.8 Å². The molecule has 0 saturated carbocycles. The first kappa shape index (κ1) is 14.9. The molecule has 1 saturated heterocycles. The highest BCUT2D eigenvalue weighted by molar-refractivity contribution is 5.94. The lowest BCUT2D eigenvalue weighted by Gasteiger charge is -2.29. The second-order valence-corrected chi connectivity index (χ2v) is 6.28. The normalized spacial score (nSPS) is 20.4. The zero-order valence-electron chi connectivity index (χ0n) is 13.3. The summed E-state index contributed by atoms with van der Waals surface area (Å²) in [4.78, 5) is 38.4. The topological polar surface area (TPSA) is 91.0 Å². The summed E-state index contributed by atoms with van der Waals surface area (Å²) in [5.74, 6) is 0.530. The van der Waals surface area contributed by atoms with Gasteiger partial charge in [-0.05, 0) is 37.0 Å². The number of carbonyl (C=O) groups excluding carboxylic acids is 1. The number of nitrogens with one attached hydrogen (secondary N) is 2. The minimum Gasteiger partial charge on any atom is -0.342 e. The number of anilines is 2. The van der Waals surface area contributed by atoms with Gasteiger partial charge in [-0.25, -0.2) is 0 Å². The van der Waals surface area contributed by atoms with Gasteiger partial charge in [-0.1, -0.05) is 0 Å². The molecule has 0 aliphatic carbocycles. The fourth-order valence-electron chi connectivity index (χ4n) is 3.50. The van der Waals surface area contributed by atoms with E-state index in [0.29, 0.717) is 17.3 Å². The lowest BCUT2D eigenvalue weighted by molar-refractivity contribution is -0.116. The van der Waals surface area contributed by atoms with Gasteiger partial charge >= 0.3 is 0 Å². The Morgan fingerprint density at radius 1 is 1.08 bits per heavy atom. The van der Waals surface area contributed by atoms with Crippen molar-refractivity contribution >= 4 is 17.7 Å². The summed E-state index contributed by atoms with van der Waals surface area (Å²) in [6.45, 7) is 1.76. The molecule has 4 heterocycles. The average Bonchev–Trinajstić information content (AvgIpc) is 2.62. The van der Waals surface area contributed by atoms with Crippen molar-refractivity contribution in [1.82, 2.24) is 15.0 Å². The number of amides is 1. The summed E-state index contributed by atoms with van der Waals surface area (Å²) in [5, 5.41) is 2.77. The molecule has 2 aliphatic heterocycles. The molecule has 124 valence electrons. The zero-order valence-corrected chi connectivity index (χ0v) is 13.3. The fourth-order valence-corrected chi connectivity index (χ4v) is 3.50. The number of pyridine rings is 1. The Morgan fingerprint density at radius 2 is 1.83 bits per heavy atom. The lowest BCUT2D eigenvalue weighted by Crippen LogP contribution is -2.36. The fraction of sp³-hybridized carbons (Fsp3) is 0.412. The van der Waals surface area contributed by atoms with E-state index < -0.39 is 0 Å². The number of carbonyl (C=O) groups is 1. The van der Waals surface area contributed by atoms with Crippen LogP contribution in [0.2, 0.25) is 0 Å². The zero-order chi connectivity index (χ0) is 16.5. The van der Waals surface area contributed by atoms with Crippen LogP contribution in [0.4, 0.5) is 11.8 Å². The van der Waals surface area contributed by atoms with Crippen LogP contribution in [0.15, 0.2) is 29.3 Å². The first-order valence-electron chi connectivity index (χ1n) is 8.31. The second-order valence-electron chi connectivity index (χ2n) is 6.28. The van der Waals surface area contributed by atoms with Gasteiger partial charge < -0.3 is 10.2 Å². The van der Waals surface area contributed by atoms with Crippen LogP contribution in [0.25, 0.3) is 0 Å². The van der Waals surface area contributed by atoms with Crippen molar-refractivity contribution in [3.05, 3.63) is 46.0 Å². The van der Waals surface area contributed by atoms with Crippen LogP contribution in [0.5, 0.6) is 0 Å². The molecule has 2 aromatic heterocycles. The van der Waals surface area contributed by atoms with E-state index in [4.69, 9.17) is 0 Å². The second kappa shape index (κ2) is 6.07. The molecule has 1 amide bonds. The van der Waals surface area contributed by atoms with Gasteiger partial charge in [0.1, 0.15) is 5.82 Å². The van der Waals surface area contributed by atoms with Gasteiger partial charge in [0.2, 0.25) is 11.9 Å². The van der Waals surface area contributed by atoms with Crippen LogP contribution in [0, 0.1) is 0 Å². The number of nitrogens with zero attached hydrogens (tertiary/aromatic N) is 3. The Kier molecular flexibility index (Phi) is 3.76. The summed E-state index contributed by atoms with van der Waals surface area (Å²) in [5.41, 5.74) is 1.25. The molecule has 7 heteroatoms. The molecule has 0 radical (unpaired) electrons. The Bertz CT molecular complexity index is 811. The molecule has 24 heavy (non-hydrogen) atoms.